The molecule has 0 aliphatic carbocycles. The van der Waals surface area contributed by atoms with Crippen LogP contribution in [0.25, 0.3) is 16.3 Å². The molecule has 0 unspecified atom stereocenters. The number of carbonyl (C=O) groups is 1. The number of carbonyl (C=O) groups excluding carboxylic acids is 1. The van der Waals surface area contributed by atoms with Gasteiger partial charge in [-0.1, -0.05) is 0 Å². The molecule has 0 spiro atoms. The number of thiazole rings is 1. The Hall–Kier alpha value is -2.81. The second-order valence-corrected chi connectivity index (χ2v) is 5.61. The molecule has 0 atom stereocenters. The molecular formula is C14H13N5O3S. The summed E-state index contributed by atoms with van der Waals surface area (Å²) in [5.41, 5.74) is 1.79. The van der Waals surface area contributed by atoms with Crippen molar-refractivity contribution in [2.45, 2.75) is 13.8 Å². The second kappa shape index (κ2) is 6.13. The van der Waals surface area contributed by atoms with Crippen molar-refractivity contribution in [1.29, 1.82) is 0 Å². The van der Waals surface area contributed by atoms with Gasteiger partial charge in [0.25, 0.3) is 0 Å². The fraction of sp³-hybridized carbons (Fsp3) is 0.214. The number of benzene rings is 1. The maximum atomic E-state index is 11.9. The first-order chi connectivity index (χ1) is 11.1. The summed E-state index contributed by atoms with van der Waals surface area (Å²) in [4.78, 5) is 16.8. The Morgan fingerprint density at radius 3 is 2.96 bits per heavy atom. The molecule has 2 heterocycles. The van der Waals surface area contributed by atoms with Gasteiger partial charge in [-0.25, -0.2) is 9.78 Å². The number of phenolic OH excluding ortho intramolecular Hbond substituents is 1. The van der Waals surface area contributed by atoms with Crippen LogP contribution in [-0.2, 0) is 4.74 Å². The number of aromatic hydroxyl groups is 1. The van der Waals surface area contributed by atoms with Gasteiger partial charge in [-0.2, -0.15) is 4.68 Å². The van der Waals surface area contributed by atoms with Gasteiger partial charge in [0.2, 0.25) is 0 Å². The first-order valence-corrected chi connectivity index (χ1v) is 7.63. The maximum absolute atomic E-state index is 11.9. The molecule has 0 aliphatic rings. The summed E-state index contributed by atoms with van der Waals surface area (Å²) in [7, 11) is 0. The lowest BCUT2D eigenvalue weighted by molar-refractivity contribution is 0.0531. The topological polar surface area (TPSA) is 103 Å². The normalized spacial score (nSPS) is 10.7. The number of aromatic nitrogens is 5. The number of nitrogens with zero attached hydrogens (tertiary/aromatic N) is 5. The summed E-state index contributed by atoms with van der Waals surface area (Å²) in [5.74, 6) is -0.340. The number of esters is 1. The van der Waals surface area contributed by atoms with Crippen LogP contribution in [0.4, 0.5) is 0 Å². The Balaban J connectivity index is 2.01. The quantitative estimate of drug-likeness (QED) is 0.729. The van der Waals surface area contributed by atoms with E-state index < -0.39 is 0 Å². The number of rotatable bonds is 4. The number of tetrazole rings is 1. The van der Waals surface area contributed by atoms with Crippen molar-refractivity contribution in [3.05, 3.63) is 35.1 Å². The first kappa shape index (κ1) is 15.1. The van der Waals surface area contributed by atoms with Crippen LogP contribution in [0.2, 0.25) is 0 Å². The predicted molar refractivity (Wildman–Crippen MR) is 82.6 cm³/mol. The first-order valence-electron chi connectivity index (χ1n) is 6.81. The van der Waals surface area contributed by atoms with E-state index in [1.54, 1.807) is 26.0 Å². The third-order valence-electron chi connectivity index (χ3n) is 3.08. The number of aryl methyl sites for hydroxylation is 1. The lowest BCUT2D eigenvalue weighted by atomic mass is 10.2. The van der Waals surface area contributed by atoms with Crippen molar-refractivity contribution in [1.82, 2.24) is 25.2 Å². The fourth-order valence-corrected chi connectivity index (χ4v) is 2.97. The van der Waals surface area contributed by atoms with Gasteiger partial charge in [0.1, 0.15) is 27.6 Å². The number of ether oxygens (including phenoxy) is 1. The second-order valence-electron chi connectivity index (χ2n) is 4.61. The number of hydrogen-bond donors (Lipinski definition) is 1. The van der Waals surface area contributed by atoms with Crippen LogP contribution < -0.4 is 0 Å². The highest BCUT2D eigenvalue weighted by Crippen LogP contribution is 2.32. The molecule has 9 heteroatoms. The highest BCUT2D eigenvalue weighted by Gasteiger charge is 2.18. The van der Waals surface area contributed by atoms with Gasteiger partial charge < -0.3 is 9.84 Å². The smallest absolute Gasteiger partial charge is 0.350 e. The van der Waals surface area contributed by atoms with Crippen LogP contribution in [0.1, 0.15) is 22.3 Å². The van der Waals surface area contributed by atoms with Crippen molar-refractivity contribution in [2.75, 3.05) is 6.61 Å². The lowest BCUT2D eigenvalue weighted by Gasteiger charge is -2.04. The summed E-state index contributed by atoms with van der Waals surface area (Å²) in [6.07, 6.45) is 1.38. The van der Waals surface area contributed by atoms with Gasteiger partial charge in [0.05, 0.1) is 12.3 Å². The molecule has 0 aliphatic heterocycles. The molecular weight excluding hydrogens is 318 g/mol. The molecule has 0 saturated carbocycles. The van der Waals surface area contributed by atoms with E-state index in [1.165, 1.54) is 28.4 Å². The van der Waals surface area contributed by atoms with Crippen LogP contribution in [0.15, 0.2) is 24.5 Å². The van der Waals surface area contributed by atoms with Crippen molar-refractivity contribution in [3.63, 3.8) is 0 Å². The van der Waals surface area contributed by atoms with Gasteiger partial charge >= 0.3 is 5.97 Å². The zero-order chi connectivity index (χ0) is 16.4. The molecule has 1 aromatic carbocycles. The van der Waals surface area contributed by atoms with E-state index in [4.69, 9.17) is 4.74 Å². The molecule has 8 nitrogen and oxygen atoms in total. The molecule has 0 amide bonds. The zero-order valence-electron chi connectivity index (χ0n) is 12.4. The van der Waals surface area contributed by atoms with E-state index in [0.29, 0.717) is 27.9 Å². The van der Waals surface area contributed by atoms with Crippen LogP contribution >= 0.6 is 11.3 Å². The van der Waals surface area contributed by atoms with Crippen LogP contribution in [-0.4, -0.2) is 42.9 Å². The summed E-state index contributed by atoms with van der Waals surface area (Å²) >= 11 is 1.24. The van der Waals surface area contributed by atoms with E-state index in [0.717, 1.165) is 5.56 Å². The fourth-order valence-electron chi connectivity index (χ4n) is 2.02. The van der Waals surface area contributed by atoms with Gasteiger partial charge in [-0.05, 0) is 42.5 Å². The molecule has 3 rings (SSSR count). The molecule has 0 radical (unpaired) electrons. The predicted octanol–water partition coefficient (Wildman–Crippen LogP) is 1.98. The van der Waals surface area contributed by atoms with Crippen molar-refractivity contribution < 1.29 is 14.6 Å². The third-order valence-corrected chi connectivity index (χ3v) is 4.26. The highest BCUT2D eigenvalue weighted by atomic mass is 32.1. The zero-order valence-corrected chi connectivity index (χ0v) is 13.2. The van der Waals surface area contributed by atoms with E-state index >= 15 is 0 Å². The Kier molecular flexibility index (Phi) is 4.02. The molecule has 118 valence electrons. The summed E-state index contributed by atoms with van der Waals surface area (Å²) in [6.45, 7) is 3.83. The molecule has 23 heavy (non-hydrogen) atoms. The largest absolute Gasteiger partial charge is 0.506 e. The van der Waals surface area contributed by atoms with Gasteiger partial charge in [0.15, 0.2) is 0 Å². The van der Waals surface area contributed by atoms with Crippen LogP contribution in [0.3, 0.4) is 0 Å². The van der Waals surface area contributed by atoms with Gasteiger partial charge in [-0.15, -0.1) is 16.4 Å². The maximum Gasteiger partial charge on any atom is 0.350 e. The standard InChI is InChI=1S/C14H13N5O3S/c1-3-22-14(21)12-8(2)16-13(23-12)9-4-5-11(20)10(6-9)19-7-15-17-18-19/h4-7,20H,3H2,1-2H3. The van der Waals surface area contributed by atoms with E-state index in [1.807, 2.05) is 0 Å². The Labute approximate surface area is 135 Å². The Morgan fingerprint density at radius 1 is 1.43 bits per heavy atom. The molecule has 0 bridgehead atoms. The summed E-state index contributed by atoms with van der Waals surface area (Å²) < 4.78 is 6.37. The minimum Gasteiger partial charge on any atom is -0.506 e. The van der Waals surface area contributed by atoms with Gasteiger partial charge in [-0.3, -0.25) is 0 Å². The van der Waals surface area contributed by atoms with Crippen molar-refractivity contribution >= 4 is 17.3 Å². The Morgan fingerprint density at radius 2 is 2.26 bits per heavy atom. The SMILES string of the molecule is CCOC(=O)c1sc(-c2ccc(O)c(-n3cnnn3)c2)nc1C. The van der Waals surface area contributed by atoms with Crippen molar-refractivity contribution in [3.8, 4) is 22.0 Å². The number of phenols is 1. The van der Waals surface area contributed by atoms with Crippen LogP contribution in [0, 0.1) is 6.92 Å². The summed E-state index contributed by atoms with van der Waals surface area (Å²) in [5, 5.41) is 21.5. The van der Waals surface area contributed by atoms with Crippen molar-refractivity contribution in [2.24, 2.45) is 0 Å². The molecule has 3 aromatic rings. The lowest BCUT2D eigenvalue weighted by Crippen LogP contribution is -2.03. The molecule has 1 N–H and O–H groups in total. The van der Waals surface area contributed by atoms with E-state index in [9.17, 15) is 9.90 Å². The van der Waals surface area contributed by atoms with E-state index in [-0.39, 0.29) is 11.7 Å². The van der Waals surface area contributed by atoms with Gasteiger partial charge in [0, 0.05) is 5.56 Å². The Bertz CT molecular complexity index is 844. The molecule has 0 fully saturated rings. The molecule has 0 saturated heterocycles. The number of hydrogen-bond acceptors (Lipinski definition) is 8. The highest BCUT2D eigenvalue weighted by molar-refractivity contribution is 7.17. The minimum absolute atomic E-state index is 0.0416. The minimum atomic E-state index is -0.381. The molecule has 2 aromatic heterocycles. The van der Waals surface area contributed by atoms with E-state index in [2.05, 4.69) is 20.5 Å². The average Bonchev–Trinajstić information content (AvgIpc) is 3.17. The van der Waals surface area contributed by atoms with Crippen LogP contribution in [0.5, 0.6) is 5.75 Å². The third kappa shape index (κ3) is 2.90. The monoisotopic (exact) mass is 331 g/mol. The average molecular weight is 331 g/mol. The summed E-state index contributed by atoms with van der Waals surface area (Å²) in [6, 6.07) is 4.96.